The summed E-state index contributed by atoms with van der Waals surface area (Å²) >= 11 is 14.4. The monoisotopic (exact) mass is 261 g/mol. The van der Waals surface area contributed by atoms with Crippen molar-refractivity contribution in [2.75, 3.05) is 0 Å². The molecule has 0 fully saturated rings. The third-order valence-electron chi connectivity index (χ3n) is 0.795. The molecule has 0 spiro atoms. The lowest BCUT2D eigenvalue weighted by molar-refractivity contribution is 1.31. The van der Waals surface area contributed by atoms with Crippen LogP contribution in [0.25, 0.3) is 0 Å². The van der Waals surface area contributed by atoms with Crippen LogP contribution in [-0.4, -0.2) is 4.98 Å². The number of rotatable bonds is 0. The van der Waals surface area contributed by atoms with Crippen molar-refractivity contribution >= 4 is 51.5 Å². The van der Waals surface area contributed by atoms with Crippen molar-refractivity contribution in [1.82, 2.24) is 4.98 Å². The quantitative estimate of drug-likeness (QED) is 0.697. The number of halogens is 4. The number of nitrogens with zero attached hydrogens (tertiary/aromatic N) is 1. The van der Waals surface area contributed by atoms with Gasteiger partial charge in [0.05, 0.1) is 14.5 Å². The van der Waals surface area contributed by atoms with Crippen molar-refractivity contribution in [2.24, 2.45) is 0 Å². The Labute approximate surface area is 83.3 Å². The third kappa shape index (κ3) is 2.27. The molecule has 0 saturated heterocycles. The molecule has 1 rings (SSSR count). The zero-order chi connectivity index (χ0) is 6.85. The van der Waals surface area contributed by atoms with Crippen LogP contribution in [0, 0.1) is 0 Å². The molecule has 5 heteroatoms. The molecule has 0 aliphatic heterocycles. The van der Waals surface area contributed by atoms with Crippen molar-refractivity contribution in [3.63, 3.8) is 0 Å². The first-order chi connectivity index (χ1) is 4.22. The van der Waals surface area contributed by atoms with E-state index in [9.17, 15) is 0 Å². The highest BCUT2D eigenvalue weighted by Crippen LogP contribution is 2.27. The SMILES string of the molecule is Cl.Clc1cncc(Br)c1Cl. The maximum atomic E-state index is 5.66. The molecular weight excluding hydrogens is 260 g/mol. The fourth-order valence-electron chi connectivity index (χ4n) is 0.396. The molecule has 0 aliphatic rings. The summed E-state index contributed by atoms with van der Waals surface area (Å²) in [7, 11) is 0. The van der Waals surface area contributed by atoms with E-state index in [1.54, 1.807) is 6.20 Å². The van der Waals surface area contributed by atoms with Crippen LogP contribution in [0.15, 0.2) is 16.9 Å². The Hall–Kier alpha value is 0.500. The van der Waals surface area contributed by atoms with E-state index in [4.69, 9.17) is 23.2 Å². The summed E-state index contributed by atoms with van der Waals surface area (Å²) < 4.78 is 0.719. The van der Waals surface area contributed by atoms with Gasteiger partial charge in [-0.15, -0.1) is 12.4 Å². The number of hydrogen-bond acceptors (Lipinski definition) is 1. The van der Waals surface area contributed by atoms with Crippen LogP contribution in [-0.2, 0) is 0 Å². The van der Waals surface area contributed by atoms with Crippen molar-refractivity contribution in [2.45, 2.75) is 0 Å². The van der Waals surface area contributed by atoms with Gasteiger partial charge >= 0.3 is 0 Å². The molecule has 1 nitrogen and oxygen atoms in total. The summed E-state index contributed by atoms with van der Waals surface area (Å²) in [6.45, 7) is 0. The minimum absolute atomic E-state index is 0. The summed E-state index contributed by atoms with van der Waals surface area (Å²) in [6.07, 6.45) is 3.09. The van der Waals surface area contributed by atoms with Crippen LogP contribution in [0.4, 0.5) is 0 Å². The van der Waals surface area contributed by atoms with Gasteiger partial charge in [-0.05, 0) is 15.9 Å². The van der Waals surface area contributed by atoms with Gasteiger partial charge in [-0.2, -0.15) is 0 Å². The van der Waals surface area contributed by atoms with Crippen molar-refractivity contribution < 1.29 is 0 Å². The molecule has 0 radical (unpaired) electrons. The van der Waals surface area contributed by atoms with Gasteiger partial charge < -0.3 is 0 Å². The van der Waals surface area contributed by atoms with E-state index in [0.717, 1.165) is 4.47 Å². The minimum Gasteiger partial charge on any atom is -0.262 e. The van der Waals surface area contributed by atoms with Crippen LogP contribution in [0.2, 0.25) is 10.0 Å². The van der Waals surface area contributed by atoms with Gasteiger partial charge in [-0.3, -0.25) is 4.98 Å². The molecule has 1 heterocycles. The lowest BCUT2D eigenvalue weighted by atomic mass is 10.5. The summed E-state index contributed by atoms with van der Waals surface area (Å²) in [5.41, 5.74) is 0. The third-order valence-corrected chi connectivity index (χ3v) is 2.42. The van der Waals surface area contributed by atoms with Crippen LogP contribution in [0.3, 0.4) is 0 Å². The van der Waals surface area contributed by atoms with Crippen LogP contribution in [0.1, 0.15) is 0 Å². The molecular formula is C5H3BrCl3N. The second-order valence-electron chi connectivity index (χ2n) is 1.42. The van der Waals surface area contributed by atoms with Gasteiger partial charge in [-0.25, -0.2) is 0 Å². The highest BCUT2D eigenvalue weighted by atomic mass is 79.9. The smallest absolute Gasteiger partial charge is 0.0787 e. The maximum absolute atomic E-state index is 5.66. The van der Waals surface area contributed by atoms with Gasteiger partial charge in [0.25, 0.3) is 0 Å². The Morgan fingerprint density at radius 1 is 1.30 bits per heavy atom. The molecule has 0 N–H and O–H groups in total. The fraction of sp³-hybridized carbons (Fsp3) is 0. The molecule has 0 aliphatic carbocycles. The molecule has 0 aromatic carbocycles. The first-order valence-electron chi connectivity index (χ1n) is 2.16. The van der Waals surface area contributed by atoms with Crippen molar-refractivity contribution in [1.29, 1.82) is 0 Å². The molecule has 0 bridgehead atoms. The molecule has 10 heavy (non-hydrogen) atoms. The Balaban J connectivity index is 0.000000810. The predicted octanol–water partition coefficient (Wildman–Crippen LogP) is 3.57. The van der Waals surface area contributed by atoms with Crippen molar-refractivity contribution in [3.05, 3.63) is 26.9 Å². The molecule has 0 atom stereocenters. The largest absolute Gasteiger partial charge is 0.262 e. The second kappa shape index (κ2) is 4.39. The zero-order valence-electron chi connectivity index (χ0n) is 4.64. The Kier molecular flexibility index (Phi) is 4.61. The van der Waals surface area contributed by atoms with Gasteiger partial charge in [0.2, 0.25) is 0 Å². The van der Waals surface area contributed by atoms with E-state index in [0.29, 0.717) is 10.0 Å². The Bertz CT molecular complexity index is 208. The first-order valence-corrected chi connectivity index (χ1v) is 3.71. The zero-order valence-corrected chi connectivity index (χ0v) is 8.56. The van der Waals surface area contributed by atoms with Gasteiger partial charge in [0, 0.05) is 12.4 Å². The first kappa shape index (κ1) is 10.5. The van der Waals surface area contributed by atoms with Crippen LogP contribution >= 0.6 is 51.5 Å². The lowest BCUT2D eigenvalue weighted by Gasteiger charge is -1.93. The highest BCUT2D eigenvalue weighted by molar-refractivity contribution is 9.10. The van der Waals surface area contributed by atoms with E-state index < -0.39 is 0 Å². The minimum atomic E-state index is 0. The maximum Gasteiger partial charge on any atom is 0.0787 e. The van der Waals surface area contributed by atoms with E-state index in [1.807, 2.05) is 0 Å². The van der Waals surface area contributed by atoms with E-state index in [1.165, 1.54) is 6.20 Å². The molecule has 0 amide bonds. The molecule has 0 saturated carbocycles. The molecule has 1 aromatic heterocycles. The normalized spacial score (nSPS) is 8.70. The van der Waals surface area contributed by atoms with Crippen LogP contribution in [0.5, 0.6) is 0 Å². The topological polar surface area (TPSA) is 12.9 Å². The lowest BCUT2D eigenvalue weighted by Crippen LogP contribution is -1.73. The summed E-state index contributed by atoms with van der Waals surface area (Å²) in [6, 6.07) is 0. The van der Waals surface area contributed by atoms with E-state index in [2.05, 4.69) is 20.9 Å². The highest BCUT2D eigenvalue weighted by Gasteiger charge is 1.99. The number of aromatic nitrogens is 1. The number of hydrogen-bond donors (Lipinski definition) is 0. The van der Waals surface area contributed by atoms with Gasteiger partial charge in [-0.1, -0.05) is 23.2 Å². The standard InChI is InChI=1S/C5H2BrCl2N.ClH/c6-3-1-9-2-4(7)5(3)8;/h1-2H;1H. The summed E-state index contributed by atoms with van der Waals surface area (Å²) in [5.74, 6) is 0. The second-order valence-corrected chi connectivity index (χ2v) is 3.06. The van der Waals surface area contributed by atoms with Crippen LogP contribution < -0.4 is 0 Å². The molecule has 0 unspecified atom stereocenters. The molecule has 1 aromatic rings. The molecule has 56 valence electrons. The fourth-order valence-corrected chi connectivity index (χ4v) is 1.10. The van der Waals surface area contributed by atoms with E-state index >= 15 is 0 Å². The van der Waals surface area contributed by atoms with Crippen molar-refractivity contribution in [3.8, 4) is 0 Å². The van der Waals surface area contributed by atoms with Gasteiger partial charge in [0.1, 0.15) is 0 Å². The average Bonchev–Trinajstić information content (AvgIpc) is 1.83. The Morgan fingerprint density at radius 3 is 2.30 bits per heavy atom. The predicted molar refractivity (Wildman–Crippen MR) is 49.2 cm³/mol. The average molecular weight is 263 g/mol. The van der Waals surface area contributed by atoms with E-state index in [-0.39, 0.29) is 12.4 Å². The summed E-state index contributed by atoms with van der Waals surface area (Å²) in [4.78, 5) is 3.78. The Morgan fingerprint density at radius 2 is 1.90 bits per heavy atom. The number of pyridine rings is 1. The van der Waals surface area contributed by atoms with Gasteiger partial charge in [0.15, 0.2) is 0 Å². The summed E-state index contributed by atoms with van der Waals surface area (Å²) in [5, 5.41) is 0.970.